The molecule has 0 unspecified atom stereocenters. The number of hydrogen-bond donors (Lipinski definition) is 1. The van der Waals surface area contributed by atoms with E-state index in [9.17, 15) is 8.42 Å². The minimum Gasteiger partial charge on any atom is -0.493 e. The molecule has 0 saturated heterocycles. The predicted octanol–water partition coefficient (Wildman–Crippen LogP) is 3.03. The quantitative estimate of drug-likeness (QED) is 0.623. The Morgan fingerprint density at radius 2 is 2.04 bits per heavy atom. The van der Waals surface area contributed by atoms with Crippen LogP contribution in [0.3, 0.4) is 0 Å². The van der Waals surface area contributed by atoms with E-state index in [0.29, 0.717) is 17.9 Å². The zero-order chi connectivity index (χ0) is 18.7. The van der Waals surface area contributed by atoms with Gasteiger partial charge in [0.15, 0.2) is 0 Å². The zero-order valence-electron chi connectivity index (χ0n) is 15.0. The molecular weight excluding hydrogens is 352 g/mol. The highest BCUT2D eigenvalue weighted by atomic mass is 32.2. The lowest BCUT2D eigenvalue weighted by Gasteiger charge is -2.10. The molecule has 1 heterocycles. The van der Waals surface area contributed by atoms with Crippen LogP contribution in [0, 0.1) is 6.92 Å². The van der Waals surface area contributed by atoms with E-state index < -0.39 is 10.0 Å². The third-order valence-corrected chi connectivity index (χ3v) is 5.27. The Labute approximate surface area is 153 Å². The Kier molecular flexibility index (Phi) is 5.18. The van der Waals surface area contributed by atoms with Crippen molar-refractivity contribution >= 4 is 16.2 Å². The number of nitrogens with one attached hydrogen (secondary N) is 1. The van der Waals surface area contributed by atoms with Crippen LogP contribution in [0.25, 0.3) is 0 Å². The molecule has 1 N–H and O–H groups in total. The van der Waals surface area contributed by atoms with Gasteiger partial charge in [0.25, 0.3) is 10.0 Å². The van der Waals surface area contributed by atoms with E-state index in [1.165, 1.54) is 6.21 Å². The monoisotopic (exact) mass is 374 g/mol. The van der Waals surface area contributed by atoms with Crippen molar-refractivity contribution < 1.29 is 17.9 Å². The number of hydrazone groups is 1. The van der Waals surface area contributed by atoms with Crippen molar-refractivity contribution in [1.29, 1.82) is 0 Å². The van der Waals surface area contributed by atoms with Gasteiger partial charge in [-0.1, -0.05) is 17.7 Å². The number of hydrogen-bond acceptors (Lipinski definition) is 5. The zero-order valence-corrected chi connectivity index (χ0v) is 15.8. The standard InChI is InChI=1S/C19H22N2O4S/c1-4-24-18-10-15-9-14(3)25-19(15)11-16(18)12-20-21-26(22,23)17-7-5-13(2)6-8-17/h5-8,10-12,14,21H,4,9H2,1-3H3/b20-12-/t14-/m0/s1. The van der Waals surface area contributed by atoms with E-state index >= 15 is 0 Å². The van der Waals surface area contributed by atoms with E-state index in [0.717, 1.165) is 23.3 Å². The molecule has 7 heteroatoms. The van der Waals surface area contributed by atoms with Crippen LogP contribution in [0.15, 0.2) is 46.4 Å². The molecule has 6 nitrogen and oxygen atoms in total. The Bertz CT molecular complexity index is 921. The molecule has 2 aromatic carbocycles. The van der Waals surface area contributed by atoms with Crippen molar-refractivity contribution in [3.63, 3.8) is 0 Å². The number of fused-ring (bicyclic) bond motifs is 1. The van der Waals surface area contributed by atoms with Gasteiger partial charge in [0, 0.05) is 17.5 Å². The van der Waals surface area contributed by atoms with E-state index in [2.05, 4.69) is 9.93 Å². The Balaban J connectivity index is 1.81. The van der Waals surface area contributed by atoms with Crippen molar-refractivity contribution in [2.24, 2.45) is 5.10 Å². The average molecular weight is 374 g/mol. The molecule has 3 rings (SSSR count). The van der Waals surface area contributed by atoms with Gasteiger partial charge < -0.3 is 9.47 Å². The predicted molar refractivity (Wildman–Crippen MR) is 100 cm³/mol. The Morgan fingerprint density at radius 3 is 2.73 bits per heavy atom. The summed E-state index contributed by atoms with van der Waals surface area (Å²) < 4.78 is 36.0. The minimum atomic E-state index is -3.71. The lowest BCUT2D eigenvalue weighted by molar-refractivity contribution is 0.254. The molecule has 0 bridgehead atoms. The number of benzene rings is 2. The van der Waals surface area contributed by atoms with Gasteiger partial charge in [-0.15, -0.1) is 0 Å². The first-order valence-electron chi connectivity index (χ1n) is 8.47. The topological polar surface area (TPSA) is 77.0 Å². The van der Waals surface area contributed by atoms with Crippen LogP contribution in [0.2, 0.25) is 0 Å². The number of rotatable bonds is 6. The van der Waals surface area contributed by atoms with Gasteiger partial charge in [-0.3, -0.25) is 0 Å². The van der Waals surface area contributed by atoms with Crippen molar-refractivity contribution in [1.82, 2.24) is 4.83 Å². The van der Waals surface area contributed by atoms with E-state index in [1.54, 1.807) is 24.3 Å². The van der Waals surface area contributed by atoms with E-state index in [-0.39, 0.29) is 11.0 Å². The second kappa shape index (κ2) is 7.37. The first kappa shape index (κ1) is 18.3. The number of aryl methyl sites for hydroxylation is 1. The molecule has 0 saturated carbocycles. The van der Waals surface area contributed by atoms with E-state index in [1.807, 2.05) is 32.9 Å². The summed E-state index contributed by atoms with van der Waals surface area (Å²) in [5, 5.41) is 3.90. The third kappa shape index (κ3) is 3.99. The summed E-state index contributed by atoms with van der Waals surface area (Å²) in [5.74, 6) is 1.44. The van der Waals surface area contributed by atoms with Gasteiger partial charge in [-0.2, -0.15) is 13.5 Å². The van der Waals surface area contributed by atoms with Gasteiger partial charge in [0.05, 0.1) is 17.7 Å². The molecule has 0 fully saturated rings. The highest BCUT2D eigenvalue weighted by Crippen LogP contribution is 2.34. The molecule has 0 spiro atoms. The van der Waals surface area contributed by atoms with Crippen molar-refractivity contribution in [3.05, 3.63) is 53.1 Å². The summed E-state index contributed by atoms with van der Waals surface area (Å²) in [6, 6.07) is 10.3. The summed E-state index contributed by atoms with van der Waals surface area (Å²) in [5.41, 5.74) is 2.73. The number of sulfonamides is 1. The molecule has 0 aromatic heterocycles. The number of nitrogens with zero attached hydrogens (tertiary/aromatic N) is 1. The normalized spacial score (nSPS) is 16.3. The summed E-state index contributed by atoms with van der Waals surface area (Å²) in [7, 11) is -3.71. The van der Waals surface area contributed by atoms with Crippen molar-refractivity contribution in [2.45, 2.75) is 38.2 Å². The molecule has 1 aliphatic heterocycles. The second-order valence-corrected chi connectivity index (χ2v) is 7.89. The van der Waals surface area contributed by atoms with Gasteiger partial charge in [0.2, 0.25) is 0 Å². The molecule has 0 aliphatic carbocycles. The lowest BCUT2D eigenvalue weighted by atomic mass is 10.1. The molecule has 26 heavy (non-hydrogen) atoms. The van der Waals surface area contributed by atoms with Crippen LogP contribution in [-0.4, -0.2) is 27.3 Å². The lowest BCUT2D eigenvalue weighted by Crippen LogP contribution is -2.18. The van der Waals surface area contributed by atoms with Gasteiger partial charge in [-0.25, -0.2) is 4.83 Å². The maximum atomic E-state index is 12.3. The fourth-order valence-electron chi connectivity index (χ4n) is 2.77. The highest BCUT2D eigenvalue weighted by molar-refractivity contribution is 7.89. The third-order valence-electron chi connectivity index (χ3n) is 4.04. The van der Waals surface area contributed by atoms with Crippen molar-refractivity contribution in [3.8, 4) is 11.5 Å². The first-order chi connectivity index (χ1) is 12.4. The average Bonchev–Trinajstić information content (AvgIpc) is 2.94. The highest BCUT2D eigenvalue weighted by Gasteiger charge is 2.21. The molecule has 0 radical (unpaired) electrons. The Morgan fingerprint density at radius 1 is 1.31 bits per heavy atom. The van der Waals surface area contributed by atoms with Crippen LogP contribution in [0.5, 0.6) is 11.5 Å². The van der Waals surface area contributed by atoms with Crippen LogP contribution < -0.4 is 14.3 Å². The minimum absolute atomic E-state index is 0.117. The van der Waals surface area contributed by atoms with Crippen molar-refractivity contribution in [2.75, 3.05) is 6.61 Å². The molecule has 138 valence electrons. The molecule has 1 aliphatic rings. The largest absolute Gasteiger partial charge is 0.493 e. The van der Waals surface area contributed by atoms with E-state index in [4.69, 9.17) is 9.47 Å². The second-order valence-electron chi connectivity index (χ2n) is 6.23. The fourth-order valence-corrected chi connectivity index (χ4v) is 3.56. The van der Waals surface area contributed by atoms with Gasteiger partial charge in [-0.05, 0) is 45.0 Å². The van der Waals surface area contributed by atoms with Gasteiger partial charge >= 0.3 is 0 Å². The maximum absolute atomic E-state index is 12.3. The summed E-state index contributed by atoms with van der Waals surface area (Å²) in [4.78, 5) is 2.40. The van der Waals surface area contributed by atoms with Crippen LogP contribution >= 0.6 is 0 Å². The van der Waals surface area contributed by atoms with Crippen LogP contribution in [0.1, 0.15) is 30.5 Å². The molecule has 1 atom stereocenters. The van der Waals surface area contributed by atoms with Gasteiger partial charge in [0.1, 0.15) is 17.6 Å². The van der Waals surface area contributed by atoms with Crippen LogP contribution in [0.4, 0.5) is 0 Å². The summed E-state index contributed by atoms with van der Waals surface area (Å²) in [6.45, 7) is 6.30. The SMILES string of the molecule is CCOc1cc2c(cc1/C=N\NS(=O)(=O)c1ccc(C)cc1)O[C@@H](C)C2. The number of ether oxygens (including phenoxy) is 2. The first-order valence-corrected chi connectivity index (χ1v) is 9.95. The maximum Gasteiger partial charge on any atom is 0.276 e. The summed E-state index contributed by atoms with van der Waals surface area (Å²) in [6.07, 6.45) is 2.38. The smallest absolute Gasteiger partial charge is 0.276 e. The Hall–Kier alpha value is -2.54. The van der Waals surface area contributed by atoms with Crippen LogP contribution in [-0.2, 0) is 16.4 Å². The molecular formula is C19H22N2O4S. The molecule has 0 amide bonds. The summed E-state index contributed by atoms with van der Waals surface area (Å²) >= 11 is 0. The fraction of sp³-hybridized carbons (Fsp3) is 0.316. The molecule has 2 aromatic rings.